The first kappa shape index (κ1) is 14.0. The molecule has 1 aromatic rings. The van der Waals surface area contributed by atoms with E-state index in [9.17, 15) is 13.2 Å². The van der Waals surface area contributed by atoms with E-state index in [1.807, 2.05) is 5.38 Å². The summed E-state index contributed by atoms with van der Waals surface area (Å²) in [7, 11) is 0. The second kappa shape index (κ2) is 6.00. The number of thiophene rings is 1. The highest BCUT2D eigenvalue weighted by Crippen LogP contribution is 2.23. The molecule has 0 amide bonds. The Labute approximate surface area is 104 Å². The number of halogens is 4. The number of hydrogen-bond acceptors (Lipinski definition) is 3. The highest BCUT2D eigenvalue weighted by molar-refractivity contribution is 9.10. The van der Waals surface area contributed by atoms with Gasteiger partial charge in [-0.3, -0.25) is 4.90 Å². The van der Waals surface area contributed by atoms with Crippen molar-refractivity contribution >= 4 is 27.3 Å². The van der Waals surface area contributed by atoms with Crippen LogP contribution in [0, 0.1) is 0 Å². The van der Waals surface area contributed by atoms with Gasteiger partial charge in [0.2, 0.25) is 0 Å². The van der Waals surface area contributed by atoms with Crippen molar-refractivity contribution in [1.29, 1.82) is 0 Å². The third-order valence-corrected chi connectivity index (χ3v) is 3.50. The van der Waals surface area contributed by atoms with E-state index in [0.29, 0.717) is 0 Å². The van der Waals surface area contributed by atoms with E-state index in [0.717, 1.165) is 9.35 Å². The van der Waals surface area contributed by atoms with Crippen LogP contribution >= 0.6 is 27.3 Å². The summed E-state index contributed by atoms with van der Waals surface area (Å²) >= 11 is 4.63. The van der Waals surface area contributed by atoms with E-state index in [4.69, 9.17) is 5.11 Å². The number of aliphatic hydroxyl groups excluding tert-OH is 1. The molecule has 16 heavy (non-hydrogen) atoms. The number of alkyl halides is 3. The molecule has 7 heteroatoms. The summed E-state index contributed by atoms with van der Waals surface area (Å²) in [6.07, 6.45) is -4.23. The number of nitrogens with zero attached hydrogens (tertiary/aromatic N) is 1. The van der Waals surface area contributed by atoms with Crippen LogP contribution in [-0.4, -0.2) is 35.9 Å². The number of aliphatic hydroxyl groups is 1. The van der Waals surface area contributed by atoms with Crippen LogP contribution < -0.4 is 0 Å². The fourth-order valence-electron chi connectivity index (χ4n) is 1.27. The lowest BCUT2D eigenvalue weighted by Crippen LogP contribution is -2.35. The molecule has 1 N–H and O–H groups in total. The molecule has 0 bridgehead atoms. The van der Waals surface area contributed by atoms with Crippen molar-refractivity contribution in [3.63, 3.8) is 0 Å². The Hall–Kier alpha value is -0.110. The van der Waals surface area contributed by atoms with Gasteiger partial charge in [0.25, 0.3) is 0 Å². The number of hydrogen-bond donors (Lipinski definition) is 1. The first-order valence-corrected chi connectivity index (χ1v) is 6.21. The van der Waals surface area contributed by atoms with Crippen molar-refractivity contribution in [2.45, 2.75) is 12.7 Å². The van der Waals surface area contributed by atoms with Gasteiger partial charge in [-0.2, -0.15) is 13.2 Å². The normalized spacial score (nSPS) is 12.4. The summed E-state index contributed by atoms with van der Waals surface area (Å²) in [6, 6.07) is 1.78. The van der Waals surface area contributed by atoms with E-state index >= 15 is 0 Å². The van der Waals surface area contributed by atoms with Gasteiger partial charge < -0.3 is 5.11 Å². The summed E-state index contributed by atoms with van der Waals surface area (Å²) in [5, 5.41) is 10.5. The molecule has 0 spiro atoms. The molecule has 0 aliphatic heterocycles. The monoisotopic (exact) mass is 317 g/mol. The molecule has 0 unspecified atom stereocenters. The van der Waals surface area contributed by atoms with Crippen LogP contribution in [0.25, 0.3) is 0 Å². The van der Waals surface area contributed by atoms with Gasteiger partial charge >= 0.3 is 6.18 Å². The standard InChI is InChI=1S/C9H11BrF3NOS/c10-7-3-8(16-5-7)4-14(1-2-15)6-9(11,12)13/h3,5,15H,1-2,4,6H2. The molecule has 0 aromatic carbocycles. The summed E-state index contributed by atoms with van der Waals surface area (Å²) in [5.41, 5.74) is 0. The van der Waals surface area contributed by atoms with E-state index in [2.05, 4.69) is 15.9 Å². The lowest BCUT2D eigenvalue weighted by atomic mass is 10.4. The van der Waals surface area contributed by atoms with Crippen molar-refractivity contribution in [3.8, 4) is 0 Å². The molecule has 0 saturated heterocycles. The van der Waals surface area contributed by atoms with Crippen LogP contribution in [0.1, 0.15) is 4.88 Å². The summed E-state index contributed by atoms with van der Waals surface area (Å²) in [6.45, 7) is -1.04. The van der Waals surface area contributed by atoms with Crippen LogP contribution in [0.3, 0.4) is 0 Å². The molecule has 0 aliphatic rings. The van der Waals surface area contributed by atoms with Crippen LogP contribution in [0.4, 0.5) is 13.2 Å². The van der Waals surface area contributed by atoms with Gasteiger partial charge in [-0.25, -0.2) is 0 Å². The maximum atomic E-state index is 12.2. The van der Waals surface area contributed by atoms with E-state index in [-0.39, 0.29) is 19.7 Å². The first-order valence-electron chi connectivity index (χ1n) is 4.53. The van der Waals surface area contributed by atoms with Crippen molar-refractivity contribution in [2.24, 2.45) is 0 Å². The summed E-state index contributed by atoms with van der Waals surface area (Å²) in [5.74, 6) is 0. The maximum absolute atomic E-state index is 12.2. The van der Waals surface area contributed by atoms with Gasteiger partial charge in [-0.1, -0.05) is 0 Å². The van der Waals surface area contributed by atoms with Gasteiger partial charge in [0.15, 0.2) is 0 Å². The van der Waals surface area contributed by atoms with Gasteiger partial charge in [-0.15, -0.1) is 11.3 Å². The minimum Gasteiger partial charge on any atom is -0.395 e. The van der Waals surface area contributed by atoms with Crippen LogP contribution in [0.2, 0.25) is 0 Å². The average molecular weight is 318 g/mol. The molecule has 1 rings (SSSR count). The maximum Gasteiger partial charge on any atom is 0.401 e. The Kier molecular flexibility index (Phi) is 5.23. The smallest absolute Gasteiger partial charge is 0.395 e. The quantitative estimate of drug-likeness (QED) is 0.902. The number of rotatable bonds is 5. The molecular formula is C9H11BrF3NOS. The van der Waals surface area contributed by atoms with Gasteiger partial charge in [0, 0.05) is 27.8 Å². The predicted molar refractivity (Wildman–Crippen MR) is 60.4 cm³/mol. The molecular weight excluding hydrogens is 307 g/mol. The molecule has 2 nitrogen and oxygen atoms in total. The Morgan fingerprint density at radius 2 is 2.12 bits per heavy atom. The topological polar surface area (TPSA) is 23.5 Å². The lowest BCUT2D eigenvalue weighted by molar-refractivity contribution is -0.147. The molecule has 1 heterocycles. The third-order valence-electron chi connectivity index (χ3n) is 1.82. The van der Waals surface area contributed by atoms with Gasteiger partial charge in [-0.05, 0) is 22.0 Å². The first-order chi connectivity index (χ1) is 7.40. The zero-order valence-corrected chi connectivity index (χ0v) is 10.7. The van der Waals surface area contributed by atoms with Crippen molar-refractivity contribution in [3.05, 3.63) is 20.8 Å². The largest absolute Gasteiger partial charge is 0.401 e. The summed E-state index contributed by atoms with van der Waals surface area (Å²) in [4.78, 5) is 2.02. The molecule has 0 atom stereocenters. The zero-order chi connectivity index (χ0) is 12.2. The fraction of sp³-hybridized carbons (Fsp3) is 0.556. The predicted octanol–water partition coefficient (Wildman–Crippen LogP) is 2.87. The molecule has 0 saturated carbocycles. The molecule has 0 aliphatic carbocycles. The highest BCUT2D eigenvalue weighted by atomic mass is 79.9. The highest BCUT2D eigenvalue weighted by Gasteiger charge is 2.30. The van der Waals surface area contributed by atoms with Crippen LogP contribution in [0.5, 0.6) is 0 Å². The SMILES string of the molecule is OCCN(Cc1cc(Br)cs1)CC(F)(F)F. The second-order valence-corrected chi connectivity index (χ2v) is 5.19. The van der Waals surface area contributed by atoms with E-state index in [1.165, 1.54) is 16.2 Å². The minimum absolute atomic E-state index is 0.0228. The minimum atomic E-state index is -4.23. The Balaban J connectivity index is 2.57. The third kappa shape index (κ3) is 5.29. The van der Waals surface area contributed by atoms with Crippen molar-refractivity contribution in [2.75, 3.05) is 19.7 Å². The van der Waals surface area contributed by atoms with Crippen LogP contribution in [0.15, 0.2) is 15.9 Å². The Morgan fingerprint density at radius 3 is 2.56 bits per heavy atom. The van der Waals surface area contributed by atoms with Gasteiger partial charge in [0.05, 0.1) is 13.2 Å². The average Bonchev–Trinajstić information content (AvgIpc) is 2.48. The Bertz CT molecular complexity index is 329. The van der Waals surface area contributed by atoms with Crippen molar-refractivity contribution in [1.82, 2.24) is 4.90 Å². The second-order valence-electron chi connectivity index (χ2n) is 3.28. The summed E-state index contributed by atoms with van der Waals surface area (Å²) < 4.78 is 37.5. The lowest BCUT2D eigenvalue weighted by Gasteiger charge is -2.21. The Morgan fingerprint density at radius 1 is 1.44 bits per heavy atom. The zero-order valence-electron chi connectivity index (χ0n) is 8.30. The molecule has 92 valence electrons. The van der Waals surface area contributed by atoms with Crippen LogP contribution in [-0.2, 0) is 6.54 Å². The van der Waals surface area contributed by atoms with E-state index < -0.39 is 12.7 Å². The molecule has 0 fully saturated rings. The van der Waals surface area contributed by atoms with Crippen molar-refractivity contribution < 1.29 is 18.3 Å². The molecule has 0 radical (unpaired) electrons. The fourth-order valence-corrected chi connectivity index (χ4v) is 2.76. The van der Waals surface area contributed by atoms with Gasteiger partial charge in [0.1, 0.15) is 0 Å². The van der Waals surface area contributed by atoms with E-state index in [1.54, 1.807) is 6.07 Å². The molecule has 1 aromatic heterocycles.